The molecule has 0 radical (unpaired) electrons. The summed E-state index contributed by atoms with van der Waals surface area (Å²) in [5, 5.41) is 19.9. The van der Waals surface area contributed by atoms with Crippen LogP contribution in [0.5, 0.6) is 5.75 Å². The number of benzene rings is 1. The Balaban J connectivity index is 0.00000210. The molecule has 2 aliphatic carbocycles. The lowest BCUT2D eigenvalue weighted by molar-refractivity contribution is -0.151. The minimum absolute atomic E-state index is 0.159. The monoisotopic (exact) mass is 491 g/mol. The van der Waals surface area contributed by atoms with Gasteiger partial charge in [0.2, 0.25) is 0 Å². The predicted molar refractivity (Wildman–Crippen MR) is 136 cm³/mol. The van der Waals surface area contributed by atoms with Gasteiger partial charge in [-0.1, -0.05) is 45.7 Å². The van der Waals surface area contributed by atoms with E-state index in [0.29, 0.717) is 17.6 Å². The molecule has 0 aromatic heterocycles. The highest BCUT2D eigenvalue weighted by molar-refractivity contribution is 5.75. The Hall–Kier alpha value is -2.12. The molecule has 0 bridgehead atoms. The maximum absolute atomic E-state index is 12.1. The van der Waals surface area contributed by atoms with Crippen LogP contribution in [0, 0.1) is 17.8 Å². The zero-order chi connectivity index (χ0) is 26.0. The van der Waals surface area contributed by atoms with E-state index < -0.39 is 12.0 Å². The van der Waals surface area contributed by atoms with E-state index in [1.165, 1.54) is 5.56 Å². The Kier molecular flexibility index (Phi) is 12.0. The first kappa shape index (κ1) is 29.1. The molecule has 4 N–H and O–H groups in total. The lowest BCUT2D eigenvalue weighted by Gasteiger charge is -2.33. The second-order valence-electron chi connectivity index (χ2n) is 9.80. The van der Waals surface area contributed by atoms with Crippen LogP contribution in [0.15, 0.2) is 18.2 Å². The van der Waals surface area contributed by atoms with Crippen molar-refractivity contribution in [3.05, 3.63) is 29.3 Å². The number of ether oxygens (including phenoxy) is 2. The molecule has 35 heavy (non-hydrogen) atoms. The van der Waals surface area contributed by atoms with E-state index in [1.807, 2.05) is 26.0 Å². The number of rotatable bonds is 12. The number of aliphatic hydroxyl groups excluding tert-OH is 1. The summed E-state index contributed by atoms with van der Waals surface area (Å²) in [4.78, 5) is 23.0. The molecular formula is C28H45NO6. The molecule has 0 spiro atoms. The third-order valence-electron chi connectivity index (χ3n) is 7.30. The third kappa shape index (κ3) is 8.21. The number of carbonyl (C=O) groups is 2. The lowest BCUT2D eigenvalue weighted by Crippen LogP contribution is -2.33. The Morgan fingerprint density at radius 1 is 1.17 bits per heavy atom. The van der Waals surface area contributed by atoms with E-state index in [-0.39, 0.29) is 30.7 Å². The molecule has 1 saturated carbocycles. The van der Waals surface area contributed by atoms with Gasteiger partial charge in [-0.05, 0) is 86.8 Å². The van der Waals surface area contributed by atoms with Crippen LogP contribution in [-0.4, -0.2) is 47.0 Å². The Labute approximate surface area is 210 Å². The van der Waals surface area contributed by atoms with Crippen LogP contribution in [0.3, 0.4) is 0 Å². The van der Waals surface area contributed by atoms with Crippen molar-refractivity contribution < 1.29 is 29.3 Å². The van der Waals surface area contributed by atoms with Gasteiger partial charge in [-0.2, -0.15) is 0 Å². The van der Waals surface area contributed by atoms with Crippen molar-refractivity contribution >= 4 is 11.9 Å². The fourth-order valence-electron chi connectivity index (χ4n) is 5.61. The number of carboxylic acid groups (broad SMARTS) is 1. The summed E-state index contributed by atoms with van der Waals surface area (Å²) in [7, 11) is 0. The summed E-state index contributed by atoms with van der Waals surface area (Å²) in [6.45, 7) is 7.44. The molecule has 0 amide bonds. The Bertz CT molecular complexity index is 811. The van der Waals surface area contributed by atoms with Crippen LogP contribution in [0.4, 0.5) is 0 Å². The summed E-state index contributed by atoms with van der Waals surface area (Å²) < 4.78 is 11.2. The number of nitrogens with two attached hydrogens (primary N) is 1. The quantitative estimate of drug-likeness (QED) is 0.291. The van der Waals surface area contributed by atoms with E-state index in [0.717, 1.165) is 63.4 Å². The second-order valence-corrected chi connectivity index (χ2v) is 9.80. The maximum atomic E-state index is 12.1. The molecule has 7 heteroatoms. The van der Waals surface area contributed by atoms with Gasteiger partial charge in [-0.15, -0.1) is 0 Å². The van der Waals surface area contributed by atoms with Crippen molar-refractivity contribution in [3.63, 3.8) is 0 Å². The molecule has 198 valence electrons. The molecule has 1 aromatic rings. The molecule has 4 unspecified atom stereocenters. The third-order valence-corrected chi connectivity index (χ3v) is 7.30. The van der Waals surface area contributed by atoms with Gasteiger partial charge in [0.25, 0.3) is 0 Å². The van der Waals surface area contributed by atoms with Crippen molar-refractivity contribution in [3.8, 4) is 5.75 Å². The first-order chi connectivity index (χ1) is 16.8. The fourth-order valence-corrected chi connectivity index (χ4v) is 5.61. The normalized spacial score (nSPS) is 24.3. The number of esters is 1. The summed E-state index contributed by atoms with van der Waals surface area (Å²) in [5.74, 6) is 0.164. The zero-order valence-electron chi connectivity index (χ0n) is 21.9. The first-order valence-corrected chi connectivity index (χ1v) is 13.4. The number of unbranched alkanes of at least 4 members (excludes halogenated alkanes) is 2. The van der Waals surface area contributed by atoms with Gasteiger partial charge < -0.3 is 25.4 Å². The molecule has 0 heterocycles. The number of fused-ring (bicyclic) bond motifs is 2. The van der Waals surface area contributed by atoms with E-state index in [4.69, 9.17) is 20.3 Å². The standard InChI is InChI=1S/C26H39NO6.C2H6/c1-3-4-5-8-19(33-26(31)16(2)27)10-11-20-21-12-17-7-6-9-24(32-15-25(29)30)22(17)13-18(21)14-23(20)28;1-2/h6-7,9,16,18-21,23,28H,3-5,8,10-15,27H2,1-2H3,(H,29,30);1-2H3/t16?,18?,19?,20-,21?,23-;/m1./s1. The topological polar surface area (TPSA) is 119 Å². The maximum Gasteiger partial charge on any atom is 0.341 e. The van der Waals surface area contributed by atoms with Gasteiger partial charge >= 0.3 is 11.9 Å². The largest absolute Gasteiger partial charge is 0.482 e. The van der Waals surface area contributed by atoms with Gasteiger partial charge in [-0.25, -0.2) is 4.79 Å². The van der Waals surface area contributed by atoms with Gasteiger partial charge in [-0.3, -0.25) is 4.79 Å². The minimum atomic E-state index is -0.990. The first-order valence-electron chi connectivity index (χ1n) is 13.4. The minimum Gasteiger partial charge on any atom is -0.482 e. The SMILES string of the molecule is CC.CCCCCC(CC[C@@H]1C2Cc3cccc(OCC(=O)O)c3CC2C[C@H]1O)OC(=O)C(C)N. The van der Waals surface area contributed by atoms with E-state index >= 15 is 0 Å². The second kappa shape index (κ2) is 14.4. The molecule has 6 atom stereocenters. The highest BCUT2D eigenvalue weighted by Gasteiger charge is 2.45. The molecule has 0 aliphatic heterocycles. The van der Waals surface area contributed by atoms with E-state index in [2.05, 4.69) is 13.0 Å². The van der Waals surface area contributed by atoms with Crippen LogP contribution >= 0.6 is 0 Å². The summed E-state index contributed by atoms with van der Waals surface area (Å²) in [6.07, 6.45) is 7.46. The zero-order valence-corrected chi connectivity index (χ0v) is 21.9. The number of carboxylic acids is 1. The van der Waals surface area contributed by atoms with Crippen LogP contribution in [0.2, 0.25) is 0 Å². The smallest absolute Gasteiger partial charge is 0.341 e. The summed E-state index contributed by atoms with van der Waals surface area (Å²) >= 11 is 0. The van der Waals surface area contributed by atoms with E-state index in [9.17, 15) is 14.7 Å². The number of carbonyl (C=O) groups excluding carboxylic acids is 1. The van der Waals surface area contributed by atoms with Crippen molar-refractivity contribution in [1.82, 2.24) is 0 Å². The number of hydrogen-bond acceptors (Lipinski definition) is 6. The Morgan fingerprint density at radius 2 is 1.91 bits per heavy atom. The van der Waals surface area contributed by atoms with Crippen LogP contribution in [-0.2, 0) is 27.2 Å². The van der Waals surface area contributed by atoms with Crippen molar-refractivity contribution in [1.29, 1.82) is 0 Å². The van der Waals surface area contributed by atoms with Crippen LogP contribution in [0.25, 0.3) is 0 Å². The van der Waals surface area contributed by atoms with E-state index in [1.54, 1.807) is 6.92 Å². The Morgan fingerprint density at radius 3 is 2.57 bits per heavy atom. The van der Waals surface area contributed by atoms with Gasteiger partial charge in [0, 0.05) is 0 Å². The summed E-state index contributed by atoms with van der Waals surface area (Å²) in [5.41, 5.74) is 7.97. The number of aliphatic hydroxyl groups is 1. The van der Waals surface area contributed by atoms with Crippen LogP contribution < -0.4 is 10.5 Å². The van der Waals surface area contributed by atoms with Crippen molar-refractivity contribution in [2.45, 2.75) is 104 Å². The molecule has 2 aliphatic rings. The van der Waals surface area contributed by atoms with Gasteiger partial charge in [0.05, 0.1) is 6.10 Å². The average molecular weight is 492 g/mol. The molecule has 7 nitrogen and oxygen atoms in total. The average Bonchev–Trinajstić information content (AvgIpc) is 3.14. The predicted octanol–water partition coefficient (Wildman–Crippen LogP) is 4.51. The fraction of sp³-hybridized carbons (Fsp3) is 0.714. The molecular weight excluding hydrogens is 446 g/mol. The number of aliphatic carboxylic acids is 1. The lowest BCUT2D eigenvalue weighted by atomic mass is 9.73. The summed E-state index contributed by atoms with van der Waals surface area (Å²) in [6, 6.07) is 5.19. The highest BCUT2D eigenvalue weighted by Crippen LogP contribution is 2.48. The molecule has 1 aromatic carbocycles. The molecule has 3 rings (SSSR count). The van der Waals surface area contributed by atoms with Gasteiger partial charge in [0.15, 0.2) is 6.61 Å². The molecule has 1 fully saturated rings. The molecule has 0 saturated heterocycles. The highest BCUT2D eigenvalue weighted by atomic mass is 16.5. The van der Waals surface area contributed by atoms with Crippen molar-refractivity contribution in [2.75, 3.05) is 6.61 Å². The van der Waals surface area contributed by atoms with Crippen LogP contribution in [0.1, 0.15) is 83.8 Å². The number of hydrogen-bond donors (Lipinski definition) is 3. The van der Waals surface area contributed by atoms with Gasteiger partial charge in [0.1, 0.15) is 17.9 Å². The van der Waals surface area contributed by atoms with Crippen molar-refractivity contribution in [2.24, 2.45) is 23.5 Å².